The predicted molar refractivity (Wildman–Crippen MR) is 102 cm³/mol. The summed E-state index contributed by atoms with van der Waals surface area (Å²) < 4.78 is 1.79. The summed E-state index contributed by atoms with van der Waals surface area (Å²) in [7, 11) is 0. The number of nitrogens with one attached hydrogen (secondary N) is 1. The zero-order chi connectivity index (χ0) is 17.6. The minimum absolute atomic E-state index is 0.0189. The molecule has 25 heavy (non-hydrogen) atoms. The van der Waals surface area contributed by atoms with E-state index < -0.39 is 0 Å². The number of aromatic nitrogens is 2. The van der Waals surface area contributed by atoms with Gasteiger partial charge in [-0.1, -0.05) is 62.4 Å². The molecular weight excluding hydrogens is 310 g/mol. The molecule has 0 saturated heterocycles. The maximum absolute atomic E-state index is 12.3. The highest BCUT2D eigenvalue weighted by atomic mass is 16.1. The van der Waals surface area contributed by atoms with Gasteiger partial charge in [0.25, 0.3) is 0 Å². The van der Waals surface area contributed by atoms with Crippen molar-refractivity contribution in [2.24, 2.45) is 5.92 Å². The zero-order valence-corrected chi connectivity index (χ0v) is 14.6. The Morgan fingerprint density at radius 3 is 2.32 bits per heavy atom. The fourth-order valence-electron chi connectivity index (χ4n) is 2.61. The number of anilines is 1. The van der Waals surface area contributed by atoms with Crippen molar-refractivity contribution < 1.29 is 4.79 Å². The van der Waals surface area contributed by atoms with E-state index in [1.165, 1.54) is 0 Å². The molecule has 0 aliphatic heterocycles. The van der Waals surface area contributed by atoms with Crippen molar-refractivity contribution in [1.82, 2.24) is 9.78 Å². The SMILES string of the molecule is CC(C)CCC(=O)Nc1cc(-c2ccccc2)nn1-c1ccccc1. The molecule has 0 fully saturated rings. The molecule has 128 valence electrons. The highest BCUT2D eigenvalue weighted by Gasteiger charge is 2.13. The molecule has 0 atom stereocenters. The van der Waals surface area contributed by atoms with Crippen molar-refractivity contribution >= 4 is 11.7 Å². The number of rotatable bonds is 6. The number of nitrogens with zero attached hydrogens (tertiary/aromatic N) is 2. The molecule has 0 bridgehead atoms. The van der Waals surface area contributed by atoms with Gasteiger partial charge in [-0.15, -0.1) is 0 Å². The van der Waals surface area contributed by atoms with Crippen molar-refractivity contribution in [3.05, 3.63) is 66.7 Å². The first kappa shape index (κ1) is 17.0. The summed E-state index contributed by atoms with van der Waals surface area (Å²) in [5, 5.41) is 7.72. The van der Waals surface area contributed by atoms with Gasteiger partial charge in [-0.25, -0.2) is 4.68 Å². The summed E-state index contributed by atoms with van der Waals surface area (Å²) in [5.74, 6) is 1.22. The van der Waals surface area contributed by atoms with Crippen molar-refractivity contribution in [2.45, 2.75) is 26.7 Å². The molecule has 1 amide bonds. The third kappa shape index (κ3) is 4.35. The van der Waals surface area contributed by atoms with Crippen LogP contribution in [0.25, 0.3) is 16.9 Å². The quantitative estimate of drug-likeness (QED) is 0.696. The lowest BCUT2D eigenvalue weighted by Gasteiger charge is -2.09. The Morgan fingerprint density at radius 2 is 1.68 bits per heavy atom. The lowest BCUT2D eigenvalue weighted by Crippen LogP contribution is -2.15. The van der Waals surface area contributed by atoms with Crippen LogP contribution in [0.4, 0.5) is 5.82 Å². The van der Waals surface area contributed by atoms with Crippen molar-refractivity contribution in [2.75, 3.05) is 5.32 Å². The molecule has 1 N–H and O–H groups in total. The van der Waals surface area contributed by atoms with Crippen LogP contribution >= 0.6 is 0 Å². The number of benzene rings is 2. The van der Waals surface area contributed by atoms with E-state index >= 15 is 0 Å². The third-order valence-corrected chi connectivity index (χ3v) is 4.00. The number of carbonyl (C=O) groups is 1. The Bertz CT molecular complexity index is 823. The molecular formula is C21H23N3O. The molecule has 0 spiro atoms. The highest BCUT2D eigenvalue weighted by Crippen LogP contribution is 2.25. The second-order valence-corrected chi connectivity index (χ2v) is 6.51. The van der Waals surface area contributed by atoms with Crippen LogP contribution in [0.15, 0.2) is 66.7 Å². The van der Waals surface area contributed by atoms with Crippen molar-refractivity contribution in [1.29, 1.82) is 0 Å². The van der Waals surface area contributed by atoms with E-state index in [1.807, 2.05) is 66.7 Å². The second-order valence-electron chi connectivity index (χ2n) is 6.51. The second kappa shape index (κ2) is 7.79. The molecule has 3 aromatic rings. The zero-order valence-electron chi connectivity index (χ0n) is 14.6. The average Bonchev–Trinajstić information content (AvgIpc) is 3.05. The molecule has 0 radical (unpaired) electrons. The molecule has 1 aromatic heterocycles. The molecule has 2 aromatic carbocycles. The van der Waals surface area contributed by atoms with Crippen LogP contribution in [0.3, 0.4) is 0 Å². The summed E-state index contributed by atoms with van der Waals surface area (Å²) in [6, 6.07) is 21.7. The van der Waals surface area contributed by atoms with E-state index in [2.05, 4.69) is 19.2 Å². The minimum Gasteiger partial charge on any atom is -0.311 e. The fourth-order valence-corrected chi connectivity index (χ4v) is 2.61. The first-order chi connectivity index (χ1) is 12.1. The standard InChI is InChI=1S/C21H23N3O/c1-16(2)13-14-21(25)22-20-15-19(17-9-5-3-6-10-17)23-24(20)18-11-7-4-8-12-18/h3-12,15-16H,13-14H2,1-2H3,(H,22,25). The average molecular weight is 333 g/mol. The molecule has 1 heterocycles. The third-order valence-electron chi connectivity index (χ3n) is 4.00. The Labute approximate surface area is 148 Å². The van der Waals surface area contributed by atoms with Crippen LogP contribution in [-0.4, -0.2) is 15.7 Å². The maximum atomic E-state index is 12.3. The first-order valence-corrected chi connectivity index (χ1v) is 8.64. The smallest absolute Gasteiger partial charge is 0.225 e. The van der Waals surface area contributed by atoms with E-state index in [1.54, 1.807) is 4.68 Å². The normalized spacial score (nSPS) is 10.8. The van der Waals surface area contributed by atoms with Gasteiger partial charge in [0.15, 0.2) is 0 Å². The van der Waals surface area contributed by atoms with Crippen LogP contribution in [0, 0.1) is 5.92 Å². The lowest BCUT2D eigenvalue weighted by atomic mass is 10.1. The number of hydrogen-bond acceptors (Lipinski definition) is 2. The van der Waals surface area contributed by atoms with Gasteiger partial charge in [0.2, 0.25) is 5.91 Å². The van der Waals surface area contributed by atoms with Crippen LogP contribution in [0.1, 0.15) is 26.7 Å². The molecule has 0 aliphatic carbocycles. The summed E-state index contributed by atoms with van der Waals surface area (Å²) in [6.45, 7) is 4.24. The van der Waals surface area contributed by atoms with Gasteiger partial charge in [0.1, 0.15) is 5.82 Å². The van der Waals surface area contributed by atoms with E-state index in [4.69, 9.17) is 5.10 Å². The Morgan fingerprint density at radius 1 is 1.04 bits per heavy atom. The lowest BCUT2D eigenvalue weighted by molar-refractivity contribution is -0.116. The molecule has 4 heteroatoms. The van der Waals surface area contributed by atoms with Crippen LogP contribution in [0.5, 0.6) is 0 Å². The largest absolute Gasteiger partial charge is 0.311 e. The van der Waals surface area contributed by atoms with Gasteiger partial charge in [-0.2, -0.15) is 5.10 Å². The molecule has 0 saturated carbocycles. The van der Waals surface area contributed by atoms with Crippen molar-refractivity contribution in [3.8, 4) is 16.9 Å². The Hall–Kier alpha value is -2.88. The van der Waals surface area contributed by atoms with Crippen LogP contribution in [-0.2, 0) is 4.79 Å². The van der Waals surface area contributed by atoms with Crippen LogP contribution in [0.2, 0.25) is 0 Å². The van der Waals surface area contributed by atoms with E-state index in [9.17, 15) is 4.79 Å². The molecule has 0 unspecified atom stereocenters. The van der Waals surface area contributed by atoms with E-state index in [0.717, 1.165) is 23.4 Å². The van der Waals surface area contributed by atoms with E-state index in [0.29, 0.717) is 18.2 Å². The number of para-hydroxylation sites is 1. The van der Waals surface area contributed by atoms with Gasteiger partial charge in [-0.05, 0) is 24.5 Å². The number of carbonyl (C=O) groups excluding carboxylic acids is 1. The summed E-state index contributed by atoms with van der Waals surface area (Å²) in [5.41, 5.74) is 2.78. The molecule has 0 aliphatic rings. The van der Waals surface area contributed by atoms with Gasteiger partial charge >= 0.3 is 0 Å². The van der Waals surface area contributed by atoms with Gasteiger partial charge in [0, 0.05) is 18.1 Å². The Balaban J connectivity index is 1.92. The highest BCUT2D eigenvalue weighted by molar-refractivity contribution is 5.90. The van der Waals surface area contributed by atoms with Crippen molar-refractivity contribution in [3.63, 3.8) is 0 Å². The topological polar surface area (TPSA) is 46.9 Å². The first-order valence-electron chi connectivity index (χ1n) is 8.64. The molecule has 3 rings (SSSR count). The Kier molecular flexibility index (Phi) is 5.29. The minimum atomic E-state index is 0.0189. The number of hydrogen-bond donors (Lipinski definition) is 1. The number of amides is 1. The summed E-state index contributed by atoms with van der Waals surface area (Å²) in [6.07, 6.45) is 1.38. The van der Waals surface area contributed by atoms with Gasteiger partial charge in [0.05, 0.1) is 11.4 Å². The summed E-state index contributed by atoms with van der Waals surface area (Å²) >= 11 is 0. The van der Waals surface area contributed by atoms with Gasteiger partial charge in [-0.3, -0.25) is 4.79 Å². The molecule has 4 nitrogen and oxygen atoms in total. The summed E-state index contributed by atoms with van der Waals surface area (Å²) in [4.78, 5) is 12.3. The predicted octanol–water partition coefficient (Wildman–Crippen LogP) is 4.91. The fraction of sp³-hybridized carbons (Fsp3) is 0.238. The van der Waals surface area contributed by atoms with Crippen LogP contribution < -0.4 is 5.32 Å². The van der Waals surface area contributed by atoms with E-state index in [-0.39, 0.29) is 5.91 Å². The van der Waals surface area contributed by atoms with Gasteiger partial charge < -0.3 is 5.32 Å². The monoisotopic (exact) mass is 333 g/mol. The maximum Gasteiger partial charge on any atom is 0.225 e.